The van der Waals surface area contributed by atoms with Gasteiger partial charge in [0.25, 0.3) is 11.6 Å². The maximum absolute atomic E-state index is 11.8. The van der Waals surface area contributed by atoms with E-state index in [1.54, 1.807) is 14.1 Å². The lowest BCUT2D eigenvalue weighted by Crippen LogP contribution is -2.28. The summed E-state index contributed by atoms with van der Waals surface area (Å²) in [6.45, 7) is 0.164. The fraction of sp³-hybridized carbons (Fsp3) is 0.300. The van der Waals surface area contributed by atoms with Crippen LogP contribution in [-0.4, -0.2) is 33.9 Å². The van der Waals surface area contributed by atoms with Gasteiger partial charge in [-0.3, -0.25) is 14.9 Å². The van der Waals surface area contributed by atoms with E-state index in [2.05, 4.69) is 5.92 Å². The van der Waals surface area contributed by atoms with Crippen LogP contribution in [-0.2, 0) is 7.05 Å². The molecule has 0 saturated heterocycles. The summed E-state index contributed by atoms with van der Waals surface area (Å²) >= 11 is 0. The van der Waals surface area contributed by atoms with Crippen LogP contribution in [0.4, 0.5) is 5.69 Å². The van der Waals surface area contributed by atoms with Gasteiger partial charge < -0.3 is 9.47 Å². The van der Waals surface area contributed by atoms with E-state index in [-0.39, 0.29) is 23.8 Å². The fourth-order valence-electron chi connectivity index (χ4n) is 1.26. The van der Waals surface area contributed by atoms with Gasteiger partial charge in [0.15, 0.2) is 0 Å². The molecule has 0 fully saturated rings. The van der Waals surface area contributed by atoms with Crippen molar-refractivity contribution >= 4 is 11.6 Å². The molecular formula is C10H11N3O3. The van der Waals surface area contributed by atoms with Gasteiger partial charge in [0, 0.05) is 20.2 Å². The molecule has 16 heavy (non-hydrogen) atoms. The van der Waals surface area contributed by atoms with Gasteiger partial charge in [0.05, 0.1) is 17.7 Å². The first-order chi connectivity index (χ1) is 7.47. The summed E-state index contributed by atoms with van der Waals surface area (Å²) in [4.78, 5) is 23.1. The zero-order chi connectivity index (χ0) is 12.3. The zero-order valence-corrected chi connectivity index (χ0v) is 9.01. The van der Waals surface area contributed by atoms with Crippen molar-refractivity contribution < 1.29 is 9.72 Å². The second-order valence-corrected chi connectivity index (χ2v) is 3.32. The smallest absolute Gasteiger partial charge is 0.287 e. The summed E-state index contributed by atoms with van der Waals surface area (Å²) in [5.74, 6) is 1.99. The van der Waals surface area contributed by atoms with Crippen molar-refractivity contribution in [2.45, 2.75) is 0 Å². The minimum absolute atomic E-state index is 0.111. The van der Waals surface area contributed by atoms with Crippen molar-refractivity contribution in [1.29, 1.82) is 0 Å². The van der Waals surface area contributed by atoms with E-state index in [1.165, 1.54) is 21.7 Å². The van der Waals surface area contributed by atoms with E-state index in [0.717, 1.165) is 0 Å². The summed E-state index contributed by atoms with van der Waals surface area (Å²) in [5, 5.41) is 10.5. The van der Waals surface area contributed by atoms with Crippen LogP contribution in [0.15, 0.2) is 12.3 Å². The van der Waals surface area contributed by atoms with Crippen LogP contribution in [0.2, 0.25) is 0 Å². The summed E-state index contributed by atoms with van der Waals surface area (Å²) in [7, 11) is 3.12. The monoisotopic (exact) mass is 221 g/mol. The van der Waals surface area contributed by atoms with Gasteiger partial charge in [0.2, 0.25) is 0 Å². The fourth-order valence-corrected chi connectivity index (χ4v) is 1.26. The van der Waals surface area contributed by atoms with Gasteiger partial charge in [-0.05, 0) is 0 Å². The third kappa shape index (κ3) is 2.20. The number of terminal acetylenes is 1. The predicted octanol–water partition coefficient (Wildman–Crippen LogP) is 0.638. The highest BCUT2D eigenvalue weighted by atomic mass is 16.6. The molecule has 0 aliphatic carbocycles. The quantitative estimate of drug-likeness (QED) is 0.427. The number of carbonyl (C=O) groups is 1. The highest BCUT2D eigenvalue weighted by molar-refractivity contribution is 5.93. The molecule has 6 heteroatoms. The lowest BCUT2D eigenvalue weighted by molar-refractivity contribution is -0.384. The summed E-state index contributed by atoms with van der Waals surface area (Å²) in [6.07, 6.45) is 6.37. The number of carbonyl (C=O) groups excluding carboxylic acids is 1. The van der Waals surface area contributed by atoms with Crippen molar-refractivity contribution in [3.05, 3.63) is 28.1 Å². The topological polar surface area (TPSA) is 68.4 Å². The molecule has 84 valence electrons. The van der Waals surface area contributed by atoms with Crippen LogP contribution < -0.4 is 0 Å². The van der Waals surface area contributed by atoms with Crippen LogP contribution in [0.3, 0.4) is 0 Å². The van der Waals surface area contributed by atoms with E-state index >= 15 is 0 Å². The standard InChI is InChI=1S/C10H11N3O3/c1-4-5-11(2)10(14)9-6-8(13(15)16)7-12(9)3/h1,6-7H,5H2,2-3H3. The van der Waals surface area contributed by atoms with Crippen molar-refractivity contribution in [3.63, 3.8) is 0 Å². The van der Waals surface area contributed by atoms with Crippen molar-refractivity contribution in [3.8, 4) is 12.3 Å². The normalized spacial score (nSPS) is 9.56. The highest BCUT2D eigenvalue weighted by Crippen LogP contribution is 2.16. The Morgan fingerprint density at radius 3 is 2.81 bits per heavy atom. The molecule has 0 atom stereocenters. The maximum atomic E-state index is 11.8. The molecule has 0 bridgehead atoms. The van der Waals surface area contributed by atoms with E-state index < -0.39 is 4.92 Å². The first-order valence-electron chi connectivity index (χ1n) is 4.47. The molecule has 1 heterocycles. The lowest BCUT2D eigenvalue weighted by atomic mass is 10.3. The minimum Gasteiger partial charge on any atom is -0.340 e. The molecule has 0 aliphatic rings. The number of hydrogen-bond donors (Lipinski definition) is 0. The van der Waals surface area contributed by atoms with Crippen LogP contribution in [0.1, 0.15) is 10.5 Å². The zero-order valence-electron chi connectivity index (χ0n) is 9.01. The minimum atomic E-state index is -0.544. The Bertz CT molecular complexity index is 470. The Morgan fingerprint density at radius 1 is 1.75 bits per heavy atom. The second kappa shape index (κ2) is 4.49. The van der Waals surface area contributed by atoms with Gasteiger partial charge >= 0.3 is 0 Å². The highest BCUT2D eigenvalue weighted by Gasteiger charge is 2.19. The predicted molar refractivity (Wildman–Crippen MR) is 57.9 cm³/mol. The largest absolute Gasteiger partial charge is 0.340 e. The molecule has 0 radical (unpaired) electrons. The Labute approximate surface area is 92.6 Å². The van der Waals surface area contributed by atoms with E-state index in [9.17, 15) is 14.9 Å². The number of nitro groups is 1. The molecule has 1 rings (SSSR count). The van der Waals surface area contributed by atoms with Crippen LogP contribution in [0, 0.1) is 22.5 Å². The first kappa shape index (κ1) is 11.8. The van der Waals surface area contributed by atoms with E-state index in [0.29, 0.717) is 0 Å². The van der Waals surface area contributed by atoms with E-state index in [4.69, 9.17) is 6.42 Å². The van der Waals surface area contributed by atoms with Gasteiger partial charge in [-0.25, -0.2) is 0 Å². The molecule has 6 nitrogen and oxygen atoms in total. The Kier molecular flexibility index (Phi) is 3.30. The average molecular weight is 221 g/mol. The van der Waals surface area contributed by atoms with Crippen molar-refractivity contribution in [2.24, 2.45) is 7.05 Å². The third-order valence-corrected chi connectivity index (χ3v) is 2.10. The van der Waals surface area contributed by atoms with Gasteiger partial charge in [-0.15, -0.1) is 6.42 Å². The maximum Gasteiger partial charge on any atom is 0.287 e. The molecule has 0 unspecified atom stereocenters. The number of amides is 1. The first-order valence-corrected chi connectivity index (χ1v) is 4.47. The molecule has 1 amide bonds. The molecule has 1 aromatic rings. The molecule has 0 spiro atoms. The molecular weight excluding hydrogens is 210 g/mol. The van der Waals surface area contributed by atoms with Gasteiger partial charge in [-0.1, -0.05) is 5.92 Å². The summed E-state index contributed by atoms with van der Waals surface area (Å²) in [6, 6.07) is 1.23. The Balaban J connectivity index is 3.01. The average Bonchev–Trinajstić information content (AvgIpc) is 2.60. The van der Waals surface area contributed by atoms with Gasteiger partial charge in [0.1, 0.15) is 5.69 Å². The van der Waals surface area contributed by atoms with Crippen LogP contribution >= 0.6 is 0 Å². The van der Waals surface area contributed by atoms with Crippen molar-refractivity contribution in [2.75, 3.05) is 13.6 Å². The lowest BCUT2D eigenvalue weighted by Gasteiger charge is -2.13. The number of rotatable bonds is 3. The summed E-state index contributed by atoms with van der Waals surface area (Å²) in [5.41, 5.74) is 0.129. The van der Waals surface area contributed by atoms with Gasteiger partial charge in [-0.2, -0.15) is 0 Å². The molecule has 1 aromatic heterocycles. The SMILES string of the molecule is C#CCN(C)C(=O)c1cc([N+](=O)[O-])cn1C. The molecule has 0 aromatic carbocycles. The number of nitrogens with zero attached hydrogens (tertiary/aromatic N) is 3. The number of hydrogen-bond acceptors (Lipinski definition) is 3. The van der Waals surface area contributed by atoms with Crippen molar-refractivity contribution in [1.82, 2.24) is 9.47 Å². The molecule has 0 N–H and O–H groups in total. The Hall–Kier alpha value is -2.29. The van der Waals surface area contributed by atoms with E-state index in [1.807, 2.05) is 0 Å². The summed E-state index contributed by atoms with van der Waals surface area (Å²) < 4.78 is 1.41. The number of aryl methyl sites for hydroxylation is 1. The molecule has 0 saturated carbocycles. The third-order valence-electron chi connectivity index (χ3n) is 2.10. The van der Waals surface area contributed by atoms with Crippen LogP contribution in [0.5, 0.6) is 0 Å². The second-order valence-electron chi connectivity index (χ2n) is 3.32. The van der Waals surface area contributed by atoms with Crippen LogP contribution in [0.25, 0.3) is 0 Å². The number of aromatic nitrogens is 1. The molecule has 0 aliphatic heterocycles. The Morgan fingerprint density at radius 2 is 2.38 bits per heavy atom.